The zero-order valence-corrected chi connectivity index (χ0v) is 19.9. The van der Waals surface area contributed by atoms with Crippen LogP contribution in [0, 0.1) is 6.92 Å². The highest BCUT2D eigenvalue weighted by atomic mass is 79.9. The van der Waals surface area contributed by atoms with Gasteiger partial charge in [-0.05, 0) is 51.7 Å². The first-order chi connectivity index (χ1) is 16.0. The third kappa shape index (κ3) is 7.18. The van der Waals surface area contributed by atoms with E-state index in [1.54, 1.807) is 19.2 Å². The molecule has 33 heavy (non-hydrogen) atoms. The average molecular weight is 510 g/mol. The van der Waals surface area contributed by atoms with Crippen molar-refractivity contribution in [2.24, 2.45) is 5.10 Å². The molecule has 0 heterocycles. The van der Waals surface area contributed by atoms with E-state index >= 15 is 0 Å². The maximum Gasteiger partial charge on any atom is 0.329 e. The van der Waals surface area contributed by atoms with Crippen LogP contribution in [0.25, 0.3) is 0 Å². The van der Waals surface area contributed by atoms with Crippen molar-refractivity contribution in [3.63, 3.8) is 0 Å². The Kier molecular flexibility index (Phi) is 8.60. The molecule has 3 aromatic carbocycles. The summed E-state index contributed by atoms with van der Waals surface area (Å²) in [5.41, 5.74) is 5.98. The fourth-order valence-electron chi connectivity index (χ4n) is 2.87. The molecule has 0 aromatic heterocycles. The van der Waals surface area contributed by atoms with Gasteiger partial charge in [-0.1, -0.05) is 60.2 Å². The van der Waals surface area contributed by atoms with Gasteiger partial charge in [0.2, 0.25) is 0 Å². The van der Waals surface area contributed by atoms with Crippen LogP contribution in [-0.4, -0.2) is 25.1 Å². The van der Waals surface area contributed by atoms with Gasteiger partial charge in [0.05, 0.1) is 17.8 Å². The number of hydrogen-bond acceptors (Lipinski definition) is 5. The van der Waals surface area contributed by atoms with E-state index < -0.39 is 11.8 Å². The minimum atomic E-state index is -0.855. The SMILES string of the molecule is COc1cc(/C=N/NC(=O)C(=O)NCc2ccccc2)cc(Br)c1OCc1ccc(C)cc1. The number of nitrogens with one attached hydrogen (secondary N) is 2. The molecular weight excluding hydrogens is 486 g/mol. The molecule has 0 aliphatic carbocycles. The lowest BCUT2D eigenvalue weighted by molar-refractivity contribution is -0.139. The number of aryl methyl sites for hydroxylation is 1. The van der Waals surface area contributed by atoms with Crippen LogP contribution in [0.2, 0.25) is 0 Å². The van der Waals surface area contributed by atoms with E-state index in [1.165, 1.54) is 11.8 Å². The van der Waals surface area contributed by atoms with Crippen LogP contribution < -0.4 is 20.2 Å². The van der Waals surface area contributed by atoms with Crippen molar-refractivity contribution in [3.8, 4) is 11.5 Å². The van der Waals surface area contributed by atoms with Gasteiger partial charge in [-0.2, -0.15) is 5.10 Å². The van der Waals surface area contributed by atoms with E-state index in [9.17, 15) is 9.59 Å². The zero-order chi connectivity index (χ0) is 23.6. The average Bonchev–Trinajstić information content (AvgIpc) is 2.83. The van der Waals surface area contributed by atoms with Crippen LogP contribution in [0.1, 0.15) is 22.3 Å². The van der Waals surface area contributed by atoms with Crippen molar-refractivity contribution < 1.29 is 19.1 Å². The summed E-state index contributed by atoms with van der Waals surface area (Å²) in [7, 11) is 1.54. The lowest BCUT2D eigenvalue weighted by Crippen LogP contribution is -2.37. The minimum absolute atomic E-state index is 0.255. The molecule has 0 aliphatic rings. The summed E-state index contributed by atoms with van der Waals surface area (Å²) in [5.74, 6) is -0.565. The number of halogens is 1. The zero-order valence-electron chi connectivity index (χ0n) is 18.3. The van der Waals surface area contributed by atoms with E-state index in [4.69, 9.17) is 9.47 Å². The predicted octanol–water partition coefficient (Wildman–Crippen LogP) is 4.11. The number of ether oxygens (including phenoxy) is 2. The van der Waals surface area contributed by atoms with Crippen LogP contribution >= 0.6 is 15.9 Å². The summed E-state index contributed by atoms with van der Waals surface area (Å²) in [4.78, 5) is 23.9. The number of amides is 2. The Morgan fingerprint density at radius 3 is 2.42 bits per heavy atom. The Balaban J connectivity index is 1.57. The maximum atomic E-state index is 11.9. The Morgan fingerprint density at radius 1 is 1.00 bits per heavy atom. The van der Waals surface area contributed by atoms with Crippen LogP contribution in [0.5, 0.6) is 11.5 Å². The first kappa shape index (κ1) is 24.0. The second kappa shape index (κ2) is 11.8. The lowest BCUT2D eigenvalue weighted by atomic mass is 10.2. The number of nitrogens with zero attached hydrogens (tertiary/aromatic N) is 1. The van der Waals surface area contributed by atoms with Gasteiger partial charge in [0.15, 0.2) is 11.5 Å². The second-order valence-electron chi connectivity index (χ2n) is 7.18. The summed E-state index contributed by atoms with van der Waals surface area (Å²) >= 11 is 3.49. The van der Waals surface area contributed by atoms with Crippen LogP contribution in [0.4, 0.5) is 0 Å². The predicted molar refractivity (Wildman–Crippen MR) is 130 cm³/mol. The van der Waals surface area contributed by atoms with Crippen molar-refractivity contribution in [2.75, 3.05) is 7.11 Å². The minimum Gasteiger partial charge on any atom is -0.493 e. The number of carbonyl (C=O) groups is 2. The standard InChI is InChI=1S/C25H24BrN3O4/c1-17-8-10-19(11-9-17)16-33-23-21(26)12-20(13-22(23)32-2)15-28-29-25(31)24(30)27-14-18-6-4-3-5-7-18/h3-13,15H,14,16H2,1-2H3,(H,27,30)(H,29,31)/b28-15+. The topological polar surface area (TPSA) is 89.0 Å². The van der Waals surface area contributed by atoms with Crippen molar-refractivity contribution in [2.45, 2.75) is 20.1 Å². The molecule has 0 saturated carbocycles. The van der Waals surface area contributed by atoms with Gasteiger partial charge in [-0.3, -0.25) is 9.59 Å². The summed E-state index contributed by atoms with van der Waals surface area (Å²) < 4.78 is 12.1. The molecule has 3 rings (SSSR count). The fraction of sp³-hybridized carbons (Fsp3) is 0.160. The molecule has 0 aliphatic heterocycles. The van der Waals surface area contributed by atoms with Crippen molar-refractivity contribution in [3.05, 3.63) is 93.5 Å². The van der Waals surface area contributed by atoms with Crippen molar-refractivity contribution in [1.82, 2.24) is 10.7 Å². The monoisotopic (exact) mass is 509 g/mol. The molecular formula is C25H24BrN3O4. The van der Waals surface area contributed by atoms with Gasteiger partial charge in [-0.25, -0.2) is 5.43 Å². The summed E-state index contributed by atoms with van der Waals surface area (Å²) in [6.07, 6.45) is 1.42. The number of rotatable bonds is 8. The van der Waals surface area contributed by atoms with E-state index in [1.807, 2.05) is 61.5 Å². The second-order valence-corrected chi connectivity index (χ2v) is 8.03. The smallest absolute Gasteiger partial charge is 0.329 e. The van der Waals surface area contributed by atoms with Gasteiger partial charge in [0.1, 0.15) is 6.61 Å². The van der Waals surface area contributed by atoms with Crippen LogP contribution in [-0.2, 0) is 22.7 Å². The van der Waals surface area contributed by atoms with Crippen LogP contribution in [0.3, 0.4) is 0 Å². The third-order valence-electron chi connectivity index (χ3n) is 4.64. The van der Waals surface area contributed by atoms with Crippen molar-refractivity contribution in [1.29, 1.82) is 0 Å². The quantitative estimate of drug-likeness (QED) is 0.271. The first-order valence-corrected chi connectivity index (χ1v) is 11.0. The molecule has 0 radical (unpaired) electrons. The number of hydrogen-bond donors (Lipinski definition) is 2. The molecule has 3 aromatic rings. The van der Waals surface area contributed by atoms with E-state index in [0.29, 0.717) is 28.1 Å². The highest BCUT2D eigenvalue weighted by molar-refractivity contribution is 9.10. The van der Waals surface area contributed by atoms with E-state index in [-0.39, 0.29) is 6.54 Å². The molecule has 170 valence electrons. The summed E-state index contributed by atoms with van der Waals surface area (Å²) in [6.45, 7) is 2.67. The van der Waals surface area contributed by atoms with Gasteiger partial charge < -0.3 is 14.8 Å². The highest BCUT2D eigenvalue weighted by Gasteiger charge is 2.13. The van der Waals surface area contributed by atoms with E-state index in [2.05, 4.69) is 31.8 Å². The van der Waals surface area contributed by atoms with Crippen LogP contribution in [0.15, 0.2) is 76.3 Å². The fourth-order valence-corrected chi connectivity index (χ4v) is 3.44. The number of methoxy groups -OCH3 is 1. The Bertz CT molecular complexity index is 1130. The number of benzene rings is 3. The molecule has 0 bridgehead atoms. The molecule has 0 atom stereocenters. The summed E-state index contributed by atoms with van der Waals surface area (Å²) in [5, 5.41) is 6.41. The molecule has 2 N–H and O–H groups in total. The molecule has 0 spiro atoms. The lowest BCUT2D eigenvalue weighted by Gasteiger charge is -2.13. The first-order valence-electron chi connectivity index (χ1n) is 10.2. The van der Waals surface area contributed by atoms with E-state index in [0.717, 1.165) is 11.1 Å². The number of hydrazone groups is 1. The largest absolute Gasteiger partial charge is 0.493 e. The van der Waals surface area contributed by atoms with Crippen molar-refractivity contribution >= 4 is 34.0 Å². The molecule has 2 amide bonds. The Morgan fingerprint density at radius 2 is 1.73 bits per heavy atom. The number of carbonyl (C=O) groups excluding carboxylic acids is 2. The summed E-state index contributed by atoms with van der Waals surface area (Å²) in [6, 6.07) is 20.9. The third-order valence-corrected chi connectivity index (χ3v) is 5.23. The highest BCUT2D eigenvalue weighted by Crippen LogP contribution is 2.36. The molecule has 7 nitrogen and oxygen atoms in total. The molecule has 0 unspecified atom stereocenters. The Labute approximate surface area is 200 Å². The molecule has 8 heteroatoms. The van der Waals surface area contributed by atoms with Gasteiger partial charge in [0, 0.05) is 6.54 Å². The van der Waals surface area contributed by atoms with Gasteiger partial charge in [-0.15, -0.1) is 0 Å². The maximum absolute atomic E-state index is 11.9. The Hall–Kier alpha value is -3.65. The molecule has 0 saturated heterocycles. The van der Waals surface area contributed by atoms with Gasteiger partial charge >= 0.3 is 11.8 Å². The normalized spacial score (nSPS) is 10.6. The molecule has 0 fully saturated rings. The van der Waals surface area contributed by atoms with Gasteiger partial charge in [0.25, 0.3) is 0 Å².